The lowest BCUT2D eigenvalue weighted by atomic mass is 10.1. The van der Waals surface area contributed by atoms with Gasteiger partial charge in [0.1, 0.15) is 0 Å². The van der Waals surface area contributed by atoms with Gasteiger partial charge in [-0.05, 0) is 18.8 Å². The summed E-state index contributed by atoms with van der Waals surface area (Å²) >= 11 is 0. The number of aliphatic hydroxyl groups excluding tert-OH is 1. The summed E-state index contributed by atoms with van der Waals surface area (Å²) < 4.78 is 26.3. The van der Waals surface area contributed by atoms with Crippen molar-refractivity contribution in [2.24, 2.45) is 5.92 Å². The maximum atomic E-state index is 11.3. The number of hydrogen-bond acceptors (Lipinski definition) is 3. The van der Waals surface area contributed by atoms with E-state index in [0.717, 1.165) is 6.42 Å². The van der Waals surface area contributed by atoms with Crippen LogP contribution in [-0.4, -0.2) is 44.6 Å². The average Bonchev–Trinajstić information content (AvgIpc) is 2.54. The van der Waals surface area contributed by atoms with Crippen molar-refractivity contribution < 1.29 is 13.5 Å². The molecule has 0 aromatic carbocycles. The van der Waals surface area contributed by atoms with Crippen molar-refractivity contribution in [1.29, 1.82) is 0 Å². The molecule has 0 saturated carbocycles. The molecule has 1 fully saturated rings. The highest BCUT2D eigenvalue weighted by Gasteiger charge is 2.29. The van der Waals surface area contributed by atoms with Crippen LogP contribution in [0.3, 0.4) is 0 Å². The highest BCUT2D eigenvalue weighted by Crippen LogP contribution is 2.20. The maximum absolute atomic E-state index is 11.3. The lowest BCUT2D eigenvalue weighted by molar-refractivity contribution is 0.259. The summed E-state index contributed by atoms with van der Waals surface area (Å²) in [6.45, 7) is 1.23. The van der Waals surface area contributed by atoms with Crippen molar-refractivity contribution >= 4 is 10.2 Å². The van der Waals surface area contributed by atoms with Crippen LogP contribution in [0.1, 0.15) is 12.8 Å². The van der Waals surface area contributed by atoms with Gasteiger partial charge in [-0.1, -0.05) is 0 Å². The summed E-state index contributed by atoms with van der Waals surface area (Å²) in [5.74, 6) is 0.313. The lowest BCUT2D eigenvalue weighted by Crippen LogP contribution is -2.37. The largest absolute Gasteiger partial charge is 0.396 e. The van der Waals surface area contributed by atoms with E-state index in [0.29, 0.717) is 25.4 Å². The lowest BCUT2D eigenvalue weighted by Gasteiger charge is -2.14. The highest BCUT2D eigenvalue weighted by molar-refractivity contribution is 7.87. The molecule has 1 saturated heterocycles. The van der Waals surface area contributed by atoms with Gasteiger partial charge in [-0.3, -0.25) is 0 Å². The van der Waals surface area contributed by atoms with Crippen LogP contribution in [0.15, 0.2) is 0 Å². The summed E-state index contributed by atoms with van der Waals surface area (Å²) in [4.78, 5) is 0. The molecule has 2 N–H and O–H groups in total. The fourth-order valence-electron chi connectivity index (χ4n) is 1.56. The summed E-state index contributed by atoms with van der Waals surface area (Å²) in [6.07, 6.45) is 1.54. The molecule has 5 nitrogen and oxygen atoms in total. The molecule has 0 aliphatic carbocycles. The molecule has 0 aromatic heterocycles. The molecule has 0 radical (unpaired) electrons. The predicted octanol–water partition coefficient (Wildman–Crippen LogP) is -0.845. The van der Waals surface area contributed by atoms with Gasteiger partial charge in [0, 0.05) is 26.7 Å². The van der Waals surface area contributed by atoms with E-state index in [-0.39, 0.29) is 6.61 Å². The number of rotatable bonds is 4. The minimum absolute atomic E-state index is 0.137. The van der Waals surface area contributed by atoms with Crippen LogP contribution in [0.25, 0.3) is 0 Å². The van der Waals surface area contributed by atoms with Crippen LogP contribution >= 0.6 is 0 Å². The summed E-state index contributed by atoms with van der Waals surface area (Å²) in [5, 5.41) is 8.69. The van der Waals surface area contributed by atoms with E-state index in [1.54, 1.807) is 0 Å². The first kappa shape index (κ1) is 10.9. The van der Waals surface area contributed by atoms with Gasteiger partial charge in [0.15, 0.2) is 0 Å². The van der Waals surface area contributed by atoms with Crippen molar-refractivity contribution in [3.05, 3.63) is 0 Å². The van der Waals surface area contributed by atoms with Gasteiger partial charge in [-0.2, -0.15) is 12.7 Å². The van der Waals surface area contributed by atoms with Crippen LogP contribution in [-0.2, 0) is 10.2 Å². The molecule has 0 amide bonds. The normalized spacial score (nSPS) is 25.2. The third-order valence-corrected chi connectivity index (χ3v) is 3.91. The van der Waals surface area contributed by atoms with Gasteiger partial charge in [0.05, 0.1) is 0 Å². The van der Waals surface area contributed by atoms with Crippen LogP contribution in [0.4, 0.5) is 0 Å². The molecule has 1 heterocycles. The first-order valence-corrected chi connectivity index (χ1v) is 5.83. The Kier molecular flexibility index (Phi) is 3.66. The van der Waals surface area contributed by atoms with Crippen molar-refractivity contribution in [3.63, 3.8) is 0 Å². The van der Waals surface area contributed by atoms with Crippen LogP contribution in [0, 0.1) is 5.92 Å². The molecule has 0 aromatic rings. The van der Waals surface area contributed by atoms with Gasteiger partial charge >= 0.3 is 0 Å². The third kappa shape index (κ3) is 2.63. The zero-order valence-electron chi connectivity index (χ0n) is 7.73. The monoisotopic (exact) mass is 208 g/mol. The molecular formula is C7H16N2O3S. The minimum Gasteiger partial charge on any atom is -0.396 e. The van der Waals surface area contributed by atoms with Crippen molar-refractivity contribution in [2.75, 3.05) is 26.7 Å². The van der Waals surface area contributed by atoms with E-state index < -0.39 is 10.2 Å². The zero-order valence-corrected chi connectivity index (χ0v) is 8.55. The van der Waals surface area contributed by atoms with Gasteiger partial charge in [0.2, 0.25) is 0 Å². The van der Waals surface area contributed by atoms with Gasteiger partial charge in [-0.15, -0.1) is 0 Å². The van der Waals surface area contributed by atoms with Crippen molar-refractivity contribution in [3.8, 4) is 0 Å². The summed E-state index contributed by atoms with van der Waals surface area (Å²) in [5.41, 5.74) is 0. The number of aliphatic hydroxyl groups is 1. The molecule has 1 rings (SSSR count). The second-order valence-corrected chi connectivity index (χ2v) is 5.11. The Morgan fingerprint density at radius 1 is 1.62 bits per heavy atom. The Morgan fingerprint density at radius 3 is 2.85 bits per heavy atom. The fraction of sp³-hybridized carbons (Fsp3) is 1.00. The third-order valence-electron chi connectivity index (χ3n) is 2.38. The molecule has 78 valence electrons. The van der Waals surface area contributed by atoms with Crippen molar-refractivity contribution in [1.82, 2.24) is 9.03 Å². The van der Waals surface area contributed by atoms with E-state index in [9.17, 15) is 8.42 Å². The zero-order chi connectivity index (χ0) is 9.90. The predicted molar refractivity (Wildman–Crippen MR) is 49.4 cm³/mol. The molecule has 1 aliphatic heterocycles. The quantitative estimate of drug-likeness (QED) is 0.632. The number of hydrogen-bond donors (Lipinski definition) is 2. The fourth-order valence-corrected chi connectivity index (χ4v) is 2.57. The smallest absolute Gasteiger partial charge is 0.279 e. The SMILES string of the molecule is CNS(=O)(=O)N1CCC(CCO)C1. The average molecular weight is 208 g/mol. The molecular weight excluding hydrogens is 192 g/mol. The molecule has 1 aliphatic rings. The number of nitrogens with one attached hydrogen (secondary N) is 1. The van der Waals surface area contributed by atoms with E-state index in [4.69, 9.17) is 5.11 Å². The van der Waals surface area contributed by atoms with E-state index in [1.165, 1.54) is 11.4 Å². The summed E-state index contributed by atoms with van der Waals surface area (Å²) in [7, 11) is -1.84. The van der Waals surface area contributed by atoms with Gasteiger partial charge in [-0.25, -0.2) is 4.72 Å². The maximum Gasteiger partial charge on any atom is 0.279 e. The topological polar surface area (TPSA) is 69.6 Å². The van der Waals surface area contributed by atoms with Crippen LogP contribution in [0.2, 0.25) is 0 Å². The first-order valence-electron chi connectivity index (χ1n) is 4.39. The molecule has 1 atom stereocenters. The standard InChI is InChI=1S/C7H16N2O3S/c1-8-13(11,12)9-4-2-7(6-9)3-5-10/h7-8,10H,2-6H2,1H3. The Balaban J connectivity index is 2.50. The van der Waals surface area contributed by atoms with Gasteiger partial charge < -0.3 is 5.11 Å². The summed E-state index contributed by atoms with van der Waals surface area (Å²) in [6, 6.07) is 0. The minimum atomic E-state index is -3.25. The number of nitrogens with zero attached hydrogens (tertiary/aromatic N) is 1. The highest BCUT2D eigenvalue weighted by atomic mass is 32.2. The Labute approximate surface area is 78.9 Å². The molecule has 13 heavy (non-hydrogen) atoms. The Hall–Kier alpha value is -0.170. The van der Waals surface area contributed by atoms with Gasteiger partial charge in [0.25, 0.3) is 10.2 Å². The second kappa shape index (κ2) is 4.36. The van der Waals surface area contributed by atoms with Crippen LogP contribution in [0.5, 0.6) is 0 Å². The Morgan fingerprint density at radius 2 is 2.31 bits per heavy atom. The molecule has 0 bridgehead atoms. The van der Waals surface area contributed by atoms with E-state index >= 15 is 0 Å². The van der Waals surface area contributed by atoms with Crippen LogP contribution < -0.4 is 4.72 Å². The van der Waals surface area contributed by atoms with E-state index in [1.807, 2.05) is 0 Å². The van der Waals surface area contributed by atoms with E-state index in [2.05, 4.69) is 4.72 Å². The molecule has 6 heteroatoms. The van der Waals surface area contributed by atoms with Crippen molar-refractivity contribution in [2.45, 2.75) is 12.8 Å². The molecule has 1 unspecified atom stereocenters. The first-order chi connectivity index (χ1) is 6.10. The molecule has 0 spiro atoms. The Bertz CT molecular complexity index is 252. The second-order valence-electron chi connectivity index (χ2n) is 3.23.